The van der Waals surface area contributed by atoms with Crippen LogP contribution in [-0.2, 0) is 16.3 Å². The van der Waals surface area contributed by atoms with Gasteiger partial charge in [-0.15, -0.1) is 9.44 Å². The summed E-state index contributed by atoms with van der Waals surface area (Å²) in [6.07, 6.45) is 5.91. The van der Waals surface area contributed by atoms with E-state index in [0.717, 1.165) is 38.8 Å². The third-order valence-electron chi connectivity index (χ3n) is 5.92. The number of fused-ring (bicyclic) bond motifs is 1. The van der Waals surface area contributed by atoms with Crippen molar-refractivity contribution in [3.8, 4) is 0 Å². The predicted molar refractivity (Wildman–Crippen MR) is 84.3 cm³/mol. The van der Waals surface area contributed by atoms with Gasteiger partial charge in [0.1, 0.15) is 17.7 Å². The van der Waals surface area contributed by atoms with Crippen molar-refractivity contribution in [3.63, 3.8) is 0 Å². The number of nitrogens with one attached hydrogen (secondary N) is 2. The Morgan fingerprint density at radius 3 is 2.90 bits per heavy atom. The molecule has 122 valence electrons. The van der Waals surface area contributed by atoms with Gasteiger partial charge in [0.15, 0.2) is 0 Å². The fraction of sp³-hybridized carbons (Fsp3) is 1.00. The highest BCUT2D eigenvalue weighted by Gasteiger charge is 2.52. The second kappa shape index (κ2) is 6.34. The molecular formula is C15H29N3O2S. The molecule has 5 unspecified atom stereocenters. The molecule has 0 aromatic heterocycles. The largest absolute Gasteiger partial charge is 0.579 e. The smallest absolute Gasteiger partial charge is 0.136 e. The van der Waals surface area contributed by atoms with Crippen molar-refractivity contribution < 1.29 is 9.29 Å². The molecule has 0 spiro atoms. The summed E-state index contributed by atoms with van der Waals surface area (Å²) in [5.41, 5.74) is 6.52. The molecule has 1 aliphatic carbocycles. The summed E-state index contributed by atoms with van der Waals surface area (Å²) in [5, 5.41) is 0. The highest BCUT2D eigenvalue weighted by atomic mass is 32.2. The quantitative estimate of drug-likeness (QED) is 0.635. The van der Waals surface area contributed by atoms with E-state index < -0.39 is 11.5 Å². The van der Waals surface area contributed by atoms with Crippen molar-refractivity contribution in [1.29, 1.82) is 0 Å². The maximum absolute atomic E-state index is 11.9. The van der Waals surface area contributed by atoms with Crippen LogP contribution in [-0.4, -0.2) is 30.0 Å². The SMILES string of the molecule is CC1CCC(C)([C@@H]2CCCO2)C2C(CN[S+]([O-])N[C@@H]2N)C1. The minimum atomic E-state index is -1.22. The van der Waals surface area contributed by atoms with Crippen LogP contribution in [0.2, 0.25) is 0 Å². The molecule has 0 amide bonds. The van der Waals surface area contributed by atoms with Gasteiger partial charge in [0.2, 0.25) is 0 Å². The minimum absolute atomic E-state index is 0.0779. The Morgan fingerprint density at radius 2 is 2.19 bits per heavy atom. The van der Waals surface area contributed by atoms with Crippen LogP contribution in [0.15, 0.2) is 0 Å². The van der Waals surface area contributed by atoms with E-state index in [2.05, 4.69) is 23.3 Å². The minimum Gasteiger partial charge on any atom is -0.579 e. The van der Waals surface area contributed by atoms with Gasteiger partial charge in [-0.2, -0.15) is 0 Å². The van der Waals surface area contributed by atoms with E-state index in [1.807, 2.05) is 0 Å². The van der Waals surface area contributed by atoms with Gasteiger partial charge in [-0.05, 0) is 42.9 Å². The van der Waals surface area contributed by atoms with Crippen LogP contribution in [0.25, 0.3) is 0 Å². The van der Waals surface area contributed by atoms with Gasteiger partial charge >= 0.3 is 0 Å². The molecule has 6 heteroatoms. The summed E-state index contributed by atoms with van der Waals surface area (Å²) in [7, 11) is 0. The van der Waals surface area contributed by atoms with E-state index in [9.17, 15) is 4.55 Å². The van der Waals surface area contributed by atoms with Crippen LogP contribution >= 0.6 is 0 Å². The molecule has 3 rings (SSSR count). The predicted octanol–water partition coefficient (Wildman–Crippen LogP) is 1.28. The lowest BCUT2D eigenvalue weighted by Crippen LogP contribution is -2.55. The average Bonchev–Trinajstić information content (AvgIpc) is 2.88. The summed E-state index contributed by atoms with van der Waals surface area (Å²) in [6, 6.07) is 0. The normalized spacial score (nSPS) is 52.0. The molecular weight excluding hydrogens is 286 g/mol. The topological polar surface area (TPSA) is 82.4 Å². The number of rotatable bonds is 1. The van der Waals surface area contributed by atoms with Crippen molar-refractivity contribution in [1.82, 2.24) is 9.44 Å². The molecule has 7 atom stereocenters. The lowest BCUT2D eigenvalue weighted by Gasteiger charge is -2.45. The monoisotopic (exact) mass is 315 g/mol. The molecule has 0 bridgehead atoms. The first kappa shape index (κ1) is 16.0. The Kier molecular flexibility index (Phi) is 4.83. The summed E-state index contributed by atoms with van der Waals surface area (Å²) < 4.78 is 24.1. The number of hydrogen-bond acceptors (Lipinski definition) is 5. The van der Waals surface area contributed by atoms with E-state index >= 15 is 0 Å². The van der Waals surface area contributed by atoms with E-state index in [4.69, 9.17) is 10.5 Å². The van der Waals surface area contributed by atoms with Crippen LogP contribution in [0.1, 0.15) is 46.0 Å². The Labute approximate surface area is 131 Å². The van der Waals surface area contributed by atoms with Gasteiger partial charge in [0.05, 0.1) is 6.10 Å². The molecule has 0 aromatic rings. The zero-order valence-electron chi connectivity index (χ0n) is 13.1. The lowest BCUT2D eigenvalue weighted by molar-refractivity contribution is -0.0525. The molecule has 1 saturated carbocycles. The standard InChI is InChI=1S/C15H29N3O2S/c1-10-5-6-15(2,12-4-3-7-20-12)13-11(8-10)9-17-21(19)18-14(13)16/h10-14,17-18H,3-9,16H2,1-2H3/t10?,11?,12-,13?,14-,15?,21?/m0/s1. The fourth-order valence-electron chi connectivity index (χ4n) is 4.85. The number of nitrogens with two attached hydrogens (primary N) is 1. The van der Waals surface area contributed by atoms with Crippen molar-refractivity contribution in [2.75, 3.05) is 13.2 Å². The van der Waals surface area contributed by atoms with Crippen molar-refractivity contribution in [3.05, 3.63) is 0 Å². The molecule has 0 aromatic carbocycles. The molecule has 3 fully saturated rings. The molecule has 21 heavy (non-hydrogen) atoms. The Balaban J connectivity index is 1.92. The highest BCUT2D eigenvalue weighted by molar-refractivity contribution is 7.87. The summed E-state index contributed by atoms with van der Waals surface area (Å²) in [6.45, 7) is 6.35. The summed E-state index contributed by atoms with van der Waals surface area (Å²) in [4.78, 5) is 0. The first-order chi connectivity index (χ1) is 10.0. The van der Waals surface area contributed by atoms with E-state index in [0.29, 0.717) is 23.9 Å². The average molecular weight is 315 g/mol. The zero-order chi connectivity index (χ0) is 15.0. The molecule has 0 radical (unpaired) electrons. The zero-order valence-corrected chi connectivity index (χ0v) is 14.0. The molecule has 2 saturated heterocycles. The molecule has 3 aliphatic rings. The second-order valence-electron chi connectivity index (χ2n) is 7.43. The van der Waals surface area contributed by atoms with Crippen molar-refractivity contribution in [2.24, 2.45) is 28.9 Å². The fourth-order valence-corrected chi connectivity index (χ4v) is 5.69. The van der Waals surface area contributed by atoms with Gasteiger partial charge in [-0.1, -0.05) is 20.3 Å². The number of ether oxygens (including phenoxy) is 1. The van der Waals surface area contributed by atoms with Crippen LogP contribution in [0, 0.1) is 23.2 Å². The summed E-state index contributed by atoms with van der Waals surface area (Å²) in [5.74, 6) is 1.47. The Hall–Kier alpha value is 0.150. The molecule has 2 aliphatic heterocycles. The maximum Gasteiger partial charge on any atom is 0.136 e. The molecule has 5 nitrogen and oxygen atoms in total. The Morgan fingerprint density at radius 1 is 1.38 bits per heavy atom. The first-order valence-electron chi connectivity index (χ1n) is 8.29. The molecule has 4 N–H and O–H groups in total. The number of hydrogen-bond donors (Lipinski definition) is 3. The van der Waals surface area contributed by atoms with Crippen molar-refractivity contribution in [2.45, 2.75) is 58.2 Å². The molecule has 2 heterocycles. The Bertz CT molecular complexity index is 367. The van der Waals surface area contributed by atoms with Crippen LogP contribution in [0.3, 0.4) is 0 Å². The second-order valence-corrected chi connectivity index (χ2v) is 8.50. The van der Waals surface area contributed by atoms with E-state index in [1.165, 1.54) is 6.42 Å². The van der Waals surface area contributed by atoms with E-state index in [-0.39, 0.29) is 11.6 Å². The van der Waals surface area contributed by atoms with E-state index in [1.54, 1.807) is 0 Å². The lowest BCUT2D eigenvalue weighted by atomic mass is 9.64. The van der Waals surface area contributed by atoms with Crippen LogP contribution < -0.4 is 15.2 Å². The van der Waals surface area contributed by atoms with Crippen LogP contribution in [0.4, 0.5) is 0 Å². The highest BCUT2D eigenvalue weighted by Crippen LogP contribution is 2.50. The van der Waals surface area contributed by atoms with Gasteiger partial charge in [0, 0.05) is 19.1 Å². The van der Waals surface area contributed by atoms with Crippen molar-refractivity contribution >= 4 is 11.5 Å². The van der Waals surface area contributed by atoms with Gasteiger partial charge in [-0.3, -0.25) is 0 Å². The third-order valence-corrected chi connectivity index (χ3v) is 6.84. The van der Waals surface area contributed by atoms with Crippen LogP contribution in [0.5, 0.6) is 0 Å². The van der Waals surface area contributed by atoms with Gasteiger partial charge in [-0.25, -0.2) is 0 Å². The summed E-state index contributed by atoms with van der Waals surface area (Å²) >= 11 is -1.22. The van der Waals surface area contributed by atoms with Gasteiger partial charge < -0.3 is 15.0 Å². The first-order valence-corrected chi connectivity index (χ1v) is 9.44. The maximum atomic E-state index is 11.9. The third kappa shape index (κ3) is 3.12. The van der Waals surface area contributed by atoms with Gasteiger partial charge in [0.25, 0.3) is 0 Å².